The van der Waals surface area contributed by atoms with E-state index in [4.69, 9.17) is 4.74 Å². The van der Waals surface area contributed by atoms with Crippen molar-refractivity contribution in [3.05, 3.63) is 59.4 Å². The maximum absolute atomic E-state index is 12.8. The summed E-state index contributed by atoms with van der Waals surface area (Å²) in [7, 11) is 1.63. The van der Waals surface area contributed by atoms with Crippen LogP contribution in [0.3, 0.4) is 0 Å². The van der Waals surface area contributed by atoms with E-state index in [1.807, 2.05) is 6.07 Å². The number of hydrogen-bond acceptors (Lipinski definition) is 4. The van der Waals surface area contributed by atoms with Crippen LogP contribution >= 0.6 is 11.3 Å². The summed E-state index contributed by atoms with van der Waals surface area (Å²) in [6.07, 6.45) is 0. The van der Waals surface area contributed by atoms with E-state index in [9.17, 15) is 4.39 Å². The molecule has 1 heterocycles. The maximum atomic E-state index is 12.8. The standard InChI is InChI=1S/C16H15FN2OS/c1-20-16-19-14-7-4-12(8-15(14)21-16)10-18-9-11-2-5-13(17)6-3-11/h2-8,18H,9-10H2,1H3. The van der Waals surface area contributed by atoms with Gasteiger partial charge in [0.05, 0.1) is 17.3 Å². The van der Waals surface area contributed by atoms with Crippen LogP contribution in [0.25, 0.3) is 10.2 Å². The smallest absolute Gasteiger partial charge is 0.274 e. The van der Waals surface area contributed by atoms with Gasteiger partial charge in [-0.25, -0.2) is 9.37 Å². The van der Waals surface area contributed by atoms with Crippen molar-refractivity contribution in [3.8, 4) is 5.19 Å². The number of rotatable bonds is 5. The third-order valence-electron chi connectivity index (χ3n) is 3.18. The SMILES string of the molecule is COc1nc2ccc(CNCc3ccc(F)cc3)cc2s1. The molecule has 2 aromatic carbocycles. The highest BCUT2D eigenvalue weighted by Crippen LogP contribution is 2.28. The number of hydrogen-bond donors (Lipinski definition) is 1. The zero-order chi connectivity index (χ0) is 14.7. The monoisotopic (exact) mass is 302 g/mol. The van der Waals surface area contributed by atoms with E-state index in [0.717, 1.165) is 22.3 Å². The highest BCUT2D eigenvalue weighted by molar-refractivity contribution is 7.20. The number of aromatic nitrogens is 1. The van der Waals surface area contributed by atoms with Gasteiger partial charge in [-0.3, -0.25) is 0 Å². The van der Waals surface area contributed by atoms with Crippen LogP contribution in [0.2, 0.25) is 0 Å². The summed E-state index contributed by atoms with van der Waals surface area (Å²) < 4.78 is 19.1. The third kappa shape index (κ3) is 3.37. The molecule has 3 aromatic rings. The minimum atomic E-state index is -0.205. The van der Waals surface area contributed by atoms with E-state index in [0.29, 0.717) is 11.7 Å². The molecule has 0 saturated heterocycles. The molecule has 3 rings (SSSR count). The molecule has 3 nitrogen and oxygen atoms in total. The summed E-state index contributed by atoms with van der Waals surface area (Å²) in [4.78, 5) is 4.35. The van der Waals surface area contributed by atoms with Crippen molar-refractivity contribution in [3.63, 3.8) is 0 Å². The van der Waals surface area contributed by atoms with E-state index in [2.05, 4.69) is 22.4 Å². The molecular weight excluding hydrogens is 287 g/mol. The summed E-state index contributed by atoms with van der Waals surface area (Å²) in [6.45, 7) is 1.47. The molecule has 0 aliphatic heterocycles. The zero-order valence-electron chi connectivity index (χ0n) is 11.6. The van der Waals surface area contributed by atoms with Crippen LogP contribution in [0, 0.1) is 5.82 Å². The molecule has 0 spiro atoms. The van der Waals surface area contributed by atoms with Crippen LogP contribution in [0.5, 0.6) is 5.19 Å². The molecule has 0 aliphatic rings. The first-order valence-electron chi connectivity index (χ1n) is 6.63. The predicted molar refractivity (Wildman–Crippen MR) is 83.1 cm³/mol. The van der Waals surface area contributed by atoms with Gasteiger partial charge in [-0.1, -0.05) is 29.5 Å². The van der Waals surface area contributed by atoms with Crippen LogP contribution in [-0.2, 0) is 13.1 Å². The fourth-order valence-corrected chi connectivity index (χ4v) is 2.94. The van der Waals surface area contributed by atoms with Crippen LogP contribution in [-0.4, -0.2) is 12.1 Å². The molecule has 1 aromatic heterocycles. The Bertz CT molecular complexity index is 740. The fraction of sp³-hybridized carbons (Fsp3) is 0.188. The lowest BCUT2D eigenvalue weighted by Gasteiger charge is -2.05. The van der Waals surface area contributed by atoms with Gasteiger partial charge in [0.25, 0.3) is 5.19 Å². The maximum Gasteiger partial charge on any atom is 0.274 e. The average Bonchev–Trinajstić information content (AvgIpc) is 2.91. The number of halogens is 1. The van der Waals surface area contributed by atoms with Crippen molar-refractivity contribution in [2.75, 3.05) is 7.11 Å². The van der Waals surface area contributed by atoms with Crippen LogP contribution in [0.4, 0.5) is 4.39 Å². The second kappa shape index (κ2) is 6.20. The Labute approximate surface area is 126 Å². The second-order valence-corrected chi connectivity index (χ2v) is 5.71. The van der Waals surface area contributed by atoms with Crippen molar-refractivity contribution in [1.29, 1.82) is 0 Å². The van der Waals surface area contributed by atoms with Crippen LogP contribution in [0.1, 0.15) is 11.1 Å². The first-order chi connectivity index (χ1) is 10.2. The highest BCUT2D eigenvalue weighted by Gasteiger charge is 2.04. The molecule has 0 amide bonds. The van der Waals surface area contributed by atoms with E-state index in [1.165, 1.54) is 17.7 Å². The Balaban J connectivity index is 1.63. The third-order valence-corrected chi connectivity index (χ3v) is 4.16. The lowest BCUT2D eigenvalue weighted by molar-refractivity contribution is 0.413. The van der Waals surface area contributed by atoms with E-state index in [1.54, 1.807) is 30.6 Å². The summed E-state index contributed by atoms with van der Waals surface area (Å²) in [5.41, 5.74) is 3.21. The minimum absolute atomic E-state index is 0.205. The lowest BCUT2D eigenvalue weighted by atomic mass is 10.2. The molecule has 0 saturated carbocycles. The van der Waals surface area contributed by atoms with E-state index < -0.39 is 0 Å². The summed E-state index contributed by atoms with van der Waals surface area (Å²) in [5.74, 6) is -0.205. The van der Waals surface area contributed by atoms with Crippen molar-refractivity contribution in [1.82, 2.24) is 10.3 Å². The fourth-order valence-electron chi connectivity index (χ4n) is 2.10. The first-order valence-corrected chi connectivity index (χ1v) is 7.45. The summed E-state index contributed by atoms with van der Waals surface area (Å²) >= 11 is 1.54. The Morgan fingerprint density at radius 2 is 1.81 bits per heavy atom. The predicted octanol–water partition coefficient (Wildman–Crippen LogP) is 3.73. The van der Waals surface area contributed by atoms with Crippen molar-refractivity contribution in [2.45, 2.75) is 13.1 Å². The van der Waals surface area contributed by atoms with Gasteiger partial charge < -0.3 is 10.1 Å². The van der Waals surface area contributed by atoms with Crippen molar-refractivity contribution in [2.24, 2.45) is 0 Å². The summed E-state index contributed by atoms with van der Waals surface area (Å²) in [5, 5.41) is 4.04. The van der Waals surface area contributed by atoms with E-state index in [-0.39, 0.29) is 5.82 Å². The second-order valence-electron chi connectivity index (χ2n) is 4.72. The lowest BCUT2D eigenvalue weighted by Crippen LogP contribution is -2.12. The number of thiazole rings is 1. The molecule has 1 N–H and O–H groups in total. The van der Waals surface area contributed by atoms with Gasteiger partial charge in [-0.05, 0) is 35.4 Å². The first kappa shape index (κ1) is 14.0. The molecule has 0 bridgehead atoms. The Morgan fingerprint density at radius 1 is 1.10 bits per heavy atom. The molecule has 108 valence electrons. The van der Waals surface area contributed by atoms with Gasteiger partial charge in [-0.2, -0.15) is 0 Å². The number of ether oxygens (including phenoxy) is 1. The zero-order valence-corrected chi connectivity index (χ0v) is 12.4. The Kier molecular flexibility index (Phi) is 4.13. The Morgan fingerprint density at radius 3 is 2.57 bits per heavy atom. The van der Waals surface area contributed by atoms with Crippen LogP contribution < -0.4 is 10.1 Å². The molecule has 0 unspecified atom stereocenters. The number of fused-ring (bicyclic) bond motifs is 1. The molecule has 0 radical (unpaired) electrons. The van der Waals surface area contributed by atoms with Gasteiger partial charge in [0.1, 0.15) is 5.82 Å². The van der Waals surface area contributed by atoms with Gasteiger partial charge in [0.2, 0.25) is 0 Å². The largest absolute Gasteiger partial charge is 0.473 e. The molecule has 0 aliphatic carbocycles. The summed E-state index contributed by atoms with van der Waals surface area (Å²) in [6, 6.07) is 12.7. The minimum Gasteiger partial charge on any atom is -0.473 e. The average molecular weight is 302 g/mol. The van der Waals surface area contributed by atoms with Gasteiger partial charge in [-0.15, -0.1) is 0 Å². The molecular formula is C16H15FN2OS. The van der Waals surface area contributed by atoms with Crippen LogP contribution in [0.15, 0.2) is 42.5 Å². The van der Waals surface area contributed by atoms with Gasteiger partial charge in [0, 0.05) is 13.1 Å². The quantitative estimate of drug-likeness (QED) is 0.779. The normalized spacial score (nSPS) is 11.0. The number of nitrogens with one attached hydrogen (secondary N) is 1. The van der Waals surface area contributed by atoms with Crippen molar-refractivity contribution >= 4 is 21.6 Å². The number of nitrogens with zero attached hydrogens (tertiary/aromatic N) is 1. The van der Waals surface area contributed by atoms with E-state index >= 15 is 0 Å². The van der Waals surface area contributed by atoms with Crippen molar-refractivity contribution < 1.29 is 9.13 Å². The van der Waals surface area contributed by atoms with Gasteiger partial charge >= 0.3 is 0 Å². The molecule has 0 atom stereocenters. The molecule has 21 heavy (non-hydrogen) atoms. The number of methoxy groups -OCH3 is 1. The van der Waals surface area contributed by atoms with Gasteiger partial charge in [0.15, 0.2) is 0 Å². The highest BCUT2D eigenvalue weighted by atomic mass is 32.1. The topological polar surface area (TPSA) is 34.1 Å². The molecule has 5 heteroatoms. The molecule has 0 fully saturated rings. The number of benzene rings is 2. The Hall–Kier alpha value is -1.98.